The van der Waals surface area contributed by atoms with Gasteiger partial charge in [-0.15, -0.1) is 5.54 Å². The number of halogens is 1. The van der Waals surface area contributed by atoms with E-state index in [-0.39, 0.29) is 0 Å². The molecule has 1 atom stereocenters. The summed E-state index contributed by atoms with van der Waals surface area (Å²) in [5.41, 5.74) is 3.26. The summed E-state index contributed by atoms with van der Waals surface area (Å²) >= 11 is 3.38. The molecule has 0 amide bonds. The Morgan fingerprint density at radius 3 is 1.89 bits per heavy atom. The fourth-order valence-electron chi connectivity index (χ4n) is 0.316. The Balaban J connectivity index is 3.88. The van der Waals surface area contributed by atoms with Crippen LogP contribution in [0.3, 0.4) is 0 Å². The number of hydrogen-bond acceptors (Lipinski definition) is 0. The molecule has 0 nitrogen and oxygen atoms in total. The maximum absolute atomic E-state index is 3.38. The molecule has 0 spiro atoms. The Kier molecular flexibility index (Phi) is 3.53. The van der Waals surface area contributed by atoms with Gasteiger partial charge in [-0.1, -0.05) is 41.5 Å². The van der Waals surface area contributed by atoms with Gasteiger partial charge in [0.25, 0.3) is 0 Å². The van der Waals surface area contributed by atoms with E-state index < -0.39 is 8.07 Å². The monoisotopic (exact) mass is 204 g/mol. The van der Waals surface area contributed by atoms with Gasteiger partial charge in [0.2, 0.25) is 0 Å². The SMILES string of the molecule is CC(Br)C#C[Si](C)(C)C. The van der Waals surface area contributed by atoms with E-state index in [1.165, 1.54) is 0 Å². The van der Waals surface area contributed by atoms with Crippen molar-refractivity contribution in [2.45, 2.75) is 31.4 Å². The van der Waals surface area contributed by atoms with Crippen molar-refractivity contribution < 1.29 is 0 Å². The summed E-state index contributed by atoms with van der Waals surface area (Å²) in [4.78, 5) is 0.351. The first-order valence-corrected chi connectivity index (χ1v) is 7.50. The lowest BCUT2D eigenvalue weighted by Crippen LogP contribution is -2.16. The standard InChI is InChI=1S/C7H13BrSi/c1-7(8)5-6-9(2,3)4/h7H,1-4H3. The third-order valence-electron chi connectivity index (χ3n) is 0.646. The molecular weight excluding hydrogens is 192 g/mol. The molecule has 0 aromatic rings. The Morgan fingerprint density at radius 2 is 1.78 bits per heavy atom. The first-order valence-electron chi connectivity index (χ1n) is 3.08. The second-order valence-electron chi connectivity index (χ2n) is 3.14. The number of alkyl halides is 1. The van der Waals surface area contributed by atoms with Crippen molar-refractivity contribution >= 4 is 24.0 Å². The van der Waals surface area contributed by atoms with Crippen molar-refractivity contribution in [3.8, 4) is 11.5 Å². The highest BCUT2D eigenvalue weighted by Crippen LogP contribution is 1.99. The first-order chi connectivity index (χ1) is 3.92. The smallest absolute Gasteiger partial charge is 0.129 e. The van der Waals surface area contributed by atoms with E-state index in [4.69, 9.17) is 0 Å². The summed E-state index contributed by atoms with van der Waals surface area (Å²) in [6.07, 6.45) is 0. The van der Waals surface area contributed by atoms with E-state index in [1.54, 1.807) is 0 Å². The van der Waals surface area contributed by atoms with Crippen molar-refractivity contribution in [1.29, 1.82) is 0 Å². The lowest BCUT2D eigenvalue weighted by Gasteiger charge is -2.03. The predicted molar refractivity (Wildman–Crippen MR) is 49.5 cm³/mol. The predicted octanol–water partition coefficient (Wildman–Crippen LogP) is 2.65. The highest BCUT2D eigenvalue weighted by Gasteiger charge is 2.07. The maximum Gasteiger partial charge on any atom is 0.129 e. The van der Waals surface area contributed by atoms with Gasteiger partial charge in [0, 0.05) is 0 Å². The van der Waals surface area contributed by atoms with Gasteiger partial charge in [-0.05, 0) is 6.92 Å². The van der Waals surface area contributed by atoms with Gasteiger partial charge in [-0.2, -0.15) is 0 Å². The third kappa shape index (κ3) is 8.26. The summed E-state index contributed by atoms with van der Waals surface area (Å²) in [5.74, 6) is 3.11. The van der Waals surface area contributed by atoms with Gasteiger partial charge < -0.3 is 0 Å². The molecule has 0 N–H and O–H groups in total. The van der Waals surface area contributed by atoms with Crippen molar-refractivity contribution in [3.05, 3.63) is 0 Å². The van der Waals surface area contributed by atoms with E-state index >= 15 is 0 Å². The van der Waals surface area contributed by atoms with Crippen LogP contribution in [0.15, 0.2) is 0 Å². The van der Waals surface area contributed by atoms with Crippen molar-refractivity contribution in [2.24, 2.45) is 0 Å². The molecule has 0 rings (SSSR count). The van der Waals surface area contributed by atoms with Crippen LogP contribution in [0.5, 0.6) is 0 Å². The minimum atomic E-state index is -1.11. The van der Waals surface area contributed by atoms with Crippen LogP contribution in [-0.4, -0.2) is 12.9 Å². The van der Waals surface area contributed by atoms with Gasteiger partial charge in [-0.3, -0.25) is 0 Å². The molecule has 1 unspecified atom stereocenters. The minimum absolute atomic E-state index is 0.351. The molecule has 0 bridgehead atoms. The molecule has 0 radical (unpaired) electrons. The summed E-state index contributed by atoms with van der Waals surface area (Å²) in [7, 11) is -1.11. The zero-order chi connectivity index (χ0) is 7.49. The van der Waals surface area contributed by atoms with Crippen molar-refractivity contribution in [2.75, 3.05) is 0 Å². The first kappa shape index (κ1) is 9.26. The van der Waals surface area contributed by atoms with Crippen LogP contribution < -0.4 is 0 Å². The van der Waals surface area contributed by atoms with Crippen molar-refractivity contribution in [3.63, 3.8) is 0 Å². The second kappa shape index (κ2) is 3.43. The third-order valence-corrected chi connectivity index (χ3v) is 1.77. The average molecular weight is 205 g/mol. The van der Waals surface area contributed by atoms with E-state index in [0.29, 0.717) is 4.83 Å². The van der Waals surface area contributed by atoms with Gasteiger partial charge >= 0.3 is 0 Å². The molecule has 0 heterocycles. The lowest BCUT2D eigenvalue weighted by molar-refractivity contribution is 1.33. The Bertz CT molecular complexity index is 133. The normalized spacial score (nSPS) is 13.9. The Hall–Kier alpha value is 0.257. The lowest BCUT2D eigenvalue weighted by atomic mass is 10.5. The Labute approximate surface area is 67.2 Å². The molecular formula is C7H13BrSi. The number of rotatable bonds is 0. The molecule has 2 heteroatoms. The van der Waals surface area contributed by atoms with Crippen LogP contribution in [0.4, 0.5) is 0 Å². The zero-order valence-electron chi connectivity index (χ0n) is 6.46. The molecule has 0 saturated heterocycles. The number of hydrogen-bond donors (Lipinski definition) is 0. The average Bonchev–Trinajstić information content (AvgIpc) is 1.59. The van der Waals surface area contributed by atoms with Crippen molar-refractivity contribution in [1.82, 2.24) is 0 Å². The van der Waals surface area contributed by atoms with Crippen LogP contribution in [0.1, 0.15) is 6.92 Å². The van der Waals surface area contributed by atoms with Crippen LogP contribution in [0, 0.1) is 11.5 Å². The fraction of sp³-hybridized carbons (Fsp3) is 0.714. The van der Waals surface area contributed by atoms with Crippen LogP contribution in [0.2, 0.25) is 19.6 Å². The highest BCUT2D eigenvalue weighted by atomic mass is 79.9. The van der Waals surface area contributed by atoms with E-state index in [1.807, 2.05) is 6.92 Å². The van der Waals surface area contributed by atoms with Gasteiger partial charge in [0.15, 0.2) is 0 Å². The molecule has 0 aliphatic heterocycles. The van der Waals surface area contributed by atoms with E-state index in [2.05, 4.69) is 47.0 Å². The van der Waals surface area contributed by atoms with Crippen LogP contribution in [0.25, 0.3) is 0 Å². The van der Waals surface area contributed by atoms with Crippen LogP contribution in [-0.2, 0) is 0 Å². The quantitative estimate of drug-likeness (QED) is 0.324. The molecule has 0 aromatic carbocycles. The molecule has 0 saturated carbocycles. The molecule has 9 heavy (non-hydrogen) atoms. The fourth-order valence-corrected chi connectivity index (χ4v) is 1.29. The molecule has 0 aromatic heterocycles. The zero-order valence-corrected chi connectivity index (χ0v) is 9.04. The topological polar surface area (TPSA) is 0 Å². The van der Waals surface area contributed by atoms with Gasteiger partial charge in [-0.25, -0.2) is 0 Å². The summed E-state index contributed by atoms with van der Waals surface area (Å²) < 4.78 is 0. The van der Waals surface area contributed by atoms with E-state index in [0.717, 1.165) is 0 Å². The van der Waals surface area contributed by atoms with Gasteiger partial charge in [0.1, 0.15) is 8.07 Å². The molecule has 0 aliphatic carbocycles. The summed E-state index contributed by atoms with van der Waals surface area (Å²) in [6, 6.07) is 0. The Morgan fingerprint density at radius 1 is 1.33 bits per heavy atom. The maximum atomic E-state index is 3.38. The van der Waals surface area contributed by atoms with E-state index in [9.17, 15) is 0 Å². The van der Waals surface area contributed by atoms with Gasteiger partial charge in [0.05, 0.1) is 4.83 Å². The second-order valence-corrected chi connectivity index (χ2v) is 9.26. The summed E-state index contributed by atoms with van der Waals surface area (Å²) in [6.45, 7) is 8.79. The molecule has 0 aliphatic rings. The minimum Gasteiger partial charge on any atom is -0.131 e. The van der Waals surface area contributed by atoms with Crippen LogP contribution >= 0.6 is 15.9 Å². The molecule has 0 fully saturated rings. The highest BCUT2D eigenvalue weighted by molar-refractivity contribution is 9.09. The largest absolute Gasteiger partial charge is 0.131 e. The molecule has 52 valence electrons. The summed E-state index contributed by atoms with van der Waals surface area (Å²) in [5, 5.41) is 0.